The fourth-order valence-electron chi connectivity index (χ4n) is 1.65. The summed E-state index contributed by atoms with van der Waals surface area (Å²) < 4.78 is 0. The van der Waals surface area contributed by atoms with Gasteiger partial charge >= 0.3 is 0 Å². The van der Waals surface area contributed by atoms with Crippen LogP contribution in [0.4, 0.5) is 0 Å². The molecule has 1 nitrogen and oxygen atoms in total. The fourth-order valence-corrected chi connectivity index (χ4v) is 1.65. The lowest BCUT2D eigenvalue weighted by atomic mass is 10.0. The predicted octanol–water partition coefficient (Wildman–Crippen LogP) is 4.01. The van der Waals surface area contributed by atoms with Crippen molar-refractivity contribution in [1.29, 1.82) is 0 Å². The van der Waals surface area contributed by atoms with Crippen molar-refractivity contribution in [2.45, 2.75) is 46.0 Å². The van der Waals surface area contributed by atoms with Gasteiger partial charge in [0.2, 0.25) is 0 Å². The number of Topliss-reactive ketones (excluding diaryl/α,β-unsaturated/α-hetero) is 1. The number of carbonyl (C=O) groups is 1. The van der Waals surface area contributed by atoms with Crippen molar-refractivity contribution in [3.8, 4) is 0 Å². The van der Waals surface area contributed by atoms with Crippen molar-refractivity contribution in [2.75, 3.05) is 0 Å². The highest BCUT2D eigenvalue weighted by Crippen LogP contribution is 2.11. The van der Waals surface area contributed by atoms with Crippen LogP contribution in [0.25, 0.3) is 0 Å². The summed E-state index contributed by atoms with van der Waals surface area (Å²) in [7, 11) is 0. The third-order valence-corrected chi connectivity index (χ3v) is 2.55. The van der Waals surface area contributed by atoms with Crippen LogP contribution in [0.15, 0.2) is 24.3 Å². The SMILES string of the molecule is CCCCc1cccc(C(=O)CCC)c1. The Kier molecular flexibility index (Phi) is 5.09. The van der Waals surface area contributed by atoms with Crippen LogP contribution in [-0.2, 0) is 6.42 Å². The van der Waals surface area contributed by atoms with Gasteiger partial charge in [-0.25, -0.2) is 0 Å². The molecule has 0 unspecified atom stereocenters. The average molecular weight is 204 g/mol. The lowest BCUT2D eigenvalue weighted by Crippen LogP contribution is -1.99. The number of hydrogen-bond donors (Lipinski definition) is 0. The molecule has 0 amide bonds. The predicted molar refractivity (Wildman–Crippen MR) is 64.3 cm³/mol. The fraction of sp³-hybridized carbons (Fsp3) is 0.500. The lowest BCUT2D eigenvalue weighted by Gasteiger charge is -2.03. The maximum absolute atomic E-state index is 11.7. The molecular weight excluding hydrogens is 184 g/mol. The minimum atomic E-state index is 0.274. The lowest BCUT2D eigenvalue weighted by molar-refractivity contribution is 0.0981. The Morgan fingerprint density at radius 3 is 2.67 bits per heavy atom. The molecule has 0 saturated heterocycles. The normalized spacial score (nSPS) is 10.3. The van der Waals surface area contributed by atoms with Crippen molar-refractivity contribution in [2.24, 2.45) is 0 Å². The molecule has 0 aliphatic rings. The summed E-state index contributed by atoms with van der Waals surface area (Å²) >= 11 is 0. The standard InChI is InChI=1S/C14H20O/c1-3-5-8-12-9-6-10-13(11-12)14(15)7-4-2/h6,9-11H,3-5,7-8H2,1-2H3. The van der Waals surface area contributed by atoms with Gasteiger partial charge < -0.3 is 0 Å². The van der Waals surface area contributed by atoms with Crippen LogP contribution in [0.1, 0.15) is 55.5 Å². The van der Waals surface area contributed by atoms with Crippen molar-refractivity contribution in [3.63, 3.8) is 0 Å². The molecular formula is C14H20O. The highest BCUT2D eigenvalue weighted by Gasteiger charge is 2.04. The average Bonchev–Trinajstić information content (AvgIpc) is 2.27. The number of aryl methyl sites for hydroxylation is 1. The Bertz CT molecular complexity index is 315. The molecule has 15 heavy (non-hydrogen) atoms. The first-order valence-corrected chi connectivity index (χ1v) is 5.90. The van der Waals surface area contributed by atoms with Crippen LogP contribution in [0, 0.1) is 0 Å². The zero-order chi connectivity index (χ0) is 11.1. The van der Waals surface area contributed by atoms with Crippen molar-refractivity contribution in [1.82, 2.24) is 0 Å². The van der Waals surface area contributed by atoms with Crippen LogP contribution in [0.5, 0.6) is 0 Å². The van der Waals surface area contributed by atoms with Gasteiger partial charge in [-0.05, 0) is 30.9 Å². The van der Waals surface area contributed by atoms with E-state index in [9.17, 15) is 4.79 Å². The van der Waals surface area contributed by atoms with Gasteiger partial charge in [0.05, 0.1) is 0 Å². The van der Waals surface area contributed by atoms with Gasteiger partial charge in [-0.3, -0.25) is 4.79 Å². The maximum atomic E-state index is 11.7. The molecule has 0 N–H and O–H groups in total. The summed E-state index contributed by atoms with van der Waals surface area (Å²) in [4.78, 5) is 11.7. The quantitative estimate of drug-likeness (QED) is 0.640. The van der Waals surface area contributed by atoms with E-state index in [1.54, 1.807) is 0 Å². The van der Waals surface area contributed by atoms with Crippen LogP contribution in [-0.4, -0.2) is 5.78 Å². The summed E-state index contributed by atoms with van der Waals surface area (Å²) in [5.41, 5.74) is 2.17. The zero-order valence-corrected chi connectivity index (χ0v) is 9.75. The molecule has 0 aliphatic heterocycles. The number of benzene rings is 1. The number of rotatable bonds is 6. The third kappa shape index (κ3) is 3.86. The maximum Gasteiger partial charge on any atom is 0.162 e. The van der Waals surface area contributed by atoms with Crippen molar-refractivity contribution >= 4 is 5.78 Å². The van der Waals surface area contributed by atoms with Gasteiger partial charge in [0.1, 0.15) is 0 Å². The van der Waals surface area contributed by atoms with E-state index in [1.165, 1.54) is 18.4 Å². The van der Waals surface area contributed by atoms with E-state index in [2.05, 4.69) is 13.0 Å². The molecule has 0 fully saturated rings. The Balaban J connectivity index is 2.69. The van der Waals surface area contributed by atoms with E-state index in [1.807, 2.05) is 25.1 Å². The van der Waals surface area contributed by atoms with Crippen LogP contribution in [0.2, 0.25) is 0 Å². The highest BCUT2D eigenvalue weighted by molar-refractivity contribution is 5.96. The Hall–Kier alpha value is -1.11. The largest absolute Gasteiger partial charge is 0.294 e. The zero-order valence-electron chi connectivity index (χ0n) is 9.75. The van der Waals surface area contributed by atoms with E-state index in [0.717, 1.165) is 18.4 Å². The third-order valence-electron chi connectivity index (χ3n) is 2.55. The summed E-state index contributed by atoms with van der Waals surface area (Å²) in [6.07, 6.45) is 5.08. The molecule has 0 spiro atoms. The van der Waals surface area contributed by atoms with E-state index < -0.39 is 0 Å². The van der Waals surface area contributed by atoms with E-state index >= 15 is 0 Å². The smallest absolute Gasteiger partial charge is 0.162 e. The second kappa shape index (κ2) is 6.39. The number of hydrogen-bond acceptors (Lipinski definition) is 1. The molecule has 1 aromatic carbocycles. The summed E-state index contributed by atoms with van der Waals surface area (Å²) in [5, 5.41) is 0. The first-order valence-electron chi connectivity index (χ1n) is 5.90. The van der Waals surface area contributed by atoms with E-state index in [-0.39, 0.29) is 5.78 Å². The number of carbonyl (C=O) groups excluding carboxylic acids is 1. The molecule has 0 aromatic heterocycles. The molecule has 82 valence electrons. The Labute approximate surface area is 92.5 Å². The Morgan fingerprint density at radius 2 is 2.00 bits per heavy atom. The van der Waals surface area contributed by atoms with Crippen molar-refractivity contribution < 1.29 is 4.79 Å². The Morgan fingerprint density at radius 1 is 1.20 bits per heavy atom. The first kappa shape index (κ1) is 12.0. The highest BCUT2D eigenvalue weighted by atomic mass is 16.1. The van der Waals surface area contributed by atoms with Gasteiger partial charge in [0.15, 0.2) is 5.78 Å². The summed E-state index contributed by atoms with van der Waals surface area (Å²) in [5.74, 6) is 0.274. The summed E-state index contributed by atoms with van der Waals surface area (Å²) in [6.45, 7) is 4.23. The number of ketones is 1. The van der Waals surface area contributed by atoms with Gasteiger partial charge in [0.25, 0.3) is 0 Å². The monoisotopic (exact) mass is 204 g/mol. The second-order valence-electron chi connectivity index (χ2n) is 3.98. The molecule has 0 atom stereocenters. The number of unbranched alkanes of at least 4 members (excludes halogenated alkanes) is 1. The van der Waals surface area contributed by atoms with Gasteiger partial charge in [-0.15, -0.1) is 0 Å². The van der Waals surface area contributed by atoms with E-state index in [4.69, 9.17) is 0 Å². The van der Waals surface area contributed by atoms with E-state index in [0.29, 0.717) is 6.42 Å². The van der Waals surface area contributed by atoms with Crippen molar-refractivity contribution in [3.05, 3.63) is 35.4 Å². The van der Waals surface area contributed by atoms with Crippen LogP contribution in [0.3, 0.4) is 0 Å². The minimum Gasteiger partial charge on any atom is -0.294 e. The van der Waals surface area contributed by atoms with Gasteiger partial charge in [-0.1, -0.05) is 38.5 Å². The summed E-state index contributed by atoms with van der Waals surface area (Å²) in [6, 6.07) is 8.08. The molecule has 1 rings (SSSR count). The second-order valence-corrected chi connectivity index (χ2v) is 3.98. The molecule has 0 saturated carbocycles. The molecule has 0 bridgehead atoms. The molecule has 1 heteroatoms. The topological polar surface area (TPSA) is 17.1 Å². The minimum absolute atomic E-state index is 0.274. The molecule has 0 radical (unpaired) electrons. The molecule has 0 heterocycles. The molecule has 0 aliphatic carbocycles. The van der Waals surface area contributed by atoms with Crippen LogP contribution >= 0.6 is 0 Å². The molecule has 1 aromatic rings. The van der Waals surface area contributed by atoms with Gasteiger partial charge in [0, 0.05) is 12.0 Å². The van der Waals surface area contributed by atoms with Gasteiger partial charge in [-0.2, -0.15) is 0 Å². The first-order chi connectivity index (χ1) is 7.27. The van der Waals surface area contributed by atoms with Crippen LogP contribution < -0.4 is 0 Å².